The van der Waals surface area contributed by atoms with Gasteiger partial charge in [0.05, 0.1) is 6.04 Å². The van der Waals surface area contributed by atoms with Crippen molar-refractivity contribution in [2.24, 2.45) is 5.73 Å². The van der Waals surface area contributed by atoms with Crippen LogP contribution in [0, 0.1) is 20.8 Å². The molecule has 0 saturated carbocycles. The van der Waals surface area contributed by atoms with Crippen molar-refractivity contribution in [1.82, 2.24) is 4.98 Å². The number of nitrogens with zero attached hydrogens (tertiary/aromatic N) is 1. The highest BCUT2D eigenvalue weighted by molar-refractivity contribution is 8.02. The van der Waals surface area contributed by atoms with E-state index in [1.807, 2.05) is 20.8 Å². The van der Waals surface area contributed by atoms with Gasteiger partial charge in [-0.05, 0) is 45.7 Å². The summed E-state index contributed by atoms with van der Waals surface area (Å²) in [5, 5.41) is 0.721. The lowest BCUT2D eigenvalue weighted by Crippen LogP contribution is -2.47. The largest absolute Gasteiger partial charge is 0.322 e. The molecule has 1 unspecified atom stereocenters. The van der Waals surface area contributed by atoms with E-state index in [9.17, 15) is 9.59 Å². The maximum absolute atomic E-state index is 12.0. The fourth-order valence-corrected chi connectivity index (χ4v) is 4.03. The summed E-state index contributed by atoms with van der Waals surface area (Å²) in [5.41, 5.74) is 10.1. The molecule has 0 spiro atoms. The van der Waals surface area contributed by atoms with Crippen molar-refractivity contribution in [3.63, 3.8) is 0 Å². The number of hydrogen-bond donors (Lipinski definition) is 1. The van der Waals surface area contributed by atoms with E-state index in [0.717, 1.165) is 27.4 Å². The predicted octanol–water partition coefficient (Wildman–Crippen LogP) is 2.03. The van der Waals surface area contributed by atoms with Crippen molar-refractivity contribution in [3.8, 4) is 0 Å². The van der Waals surface area contributed by atoms with Gasteiger partial charge in [-0.3, -0.25) is 9.59 Å². The Morgan fingerprint density at radius 3 is 2.16 bits per heavy atom. The van der Waals surface area contributed by atoms with Crippen LogP contribution in [0.1, 0.15) is 42.3 Å². The quantitative estimate of drug-likeness (QED) is 0.838. The molecule has 1 atom stereocenters. The molecule has 102 valence electrons. The minimum atomic E-state index is -1.21. The molecule has 4 nitrogen and oxygen atoms in total. The highest BCUT2D eigenvalue weighted by atomic mass is 32.2. The van der Waals surface area contributed by atoms with E-state index >= 15 is 0 Å². The Bertz CT molecular complexity index is 582. The number of nitrogens with two attached hydrogens (primary N) is 1. The average Bonchev–Trinajstić information content (AvgIpc) is 2.60. The van der Waals surface area contributed by atoms with Crippen molar-refractivity contribution in [2.45, 2.75) is 50.4 Å². The molecule has 2 heterocycles. The first-order valence-electron chi connectivity index (χ1n) is 6.17. The zero-order valence-electron chi connectivity index (χ0n) is 11.8. The van der Waals surface area contributed by atoms with Gasteiger partial charge in [-0.25, -0.2) is 4.98 Å². The third kappa shape index (κ3) is 1.75. The van der Waals surface area contributed by atoms with E-state index in [-0.39, 0.29) is 11.6 Å². The van der Waals surface area contributed by atoms with Gasteiger partial charge < -0.3 is 5.73 Å². The lowest BCUT2D eigenvalue weighted by molar-refractivity contribution is -0.128. The van der Waals surface area contributed by atoms with E-state index < -0.39 is 10.8 Å². The molecule has 0 aliphatic carbocycles. The first kappa shape index (κ1) is 14.2. The Kier molecular flexibility index (Phi) is 3.31. The molecule has 0 bridgehead atoms. The monoisotopic (exact) mass is 278 g/mol. The Balaban J connectivity index is 2.71. The van der Waals surface area contributed by atoms with Crippen LogP contribution in [0.15, 0.2) is 5.03 Å². The topological polar surface area (TPSA) is 73.0 Å². The lowest BCUT2D eigenvalue weighted by atomic mass is 9.85. The number of rotatable bonds is 2. The Labute approximate surface area is 117 Å². The fraction of sp³-hybridized carbons (Fsp3) is 0.500. The van der Waals surface area contributed by atoms with Crippen LogP contribution in [0.4, 0.5) is 0 Å². The second-order valence-electron chi connectivity index (χ2n) is 5.09. The van der Waals surface area contributed by atoms with Gasteiger partial charge in [0.2, 0.25) is 0 Å². The van der Waals surface area contributed by atoms with Crippen LogP contribution < -0.4 is 5.73 Å². The maximum atomic E-state index is 12.0. The summed E-state index contributed by atoms with van der Waals surface area (Å²) in [7, 11) is 0. The molecule has 1 aliphatic rings. The summed E-state index contributed by atoms with van der Waals surface area (Å²) in [6.45, 7) is 8.73. The van der Waals surface area contributed by atoms with Crippen LogP contribution >= 0.6 is 11.8 Å². The van der Waals surface area contributed by atoms with Gasteiger partial charge in [0.1, 0.15) is 5.03 Å². The predicted molar refractivity (Wildman–Crippen MR) is 75.3 cm³/mol. The second-order valence-corrected chi connectivity index (χ2v) is 6.33. The van der Waals surface area contributed by atoms with Crippen LogP contribution in [0.2, 0.25) is 0 Å². The van der Waals surface area contributed by atoms with Crippen LogP contribution in [0.25, 0.3) is 0 Å². The summed E-state index contributed by atoms with van der Waals surface area (Å²) < 4.78 is -1.21. The van der Waals surface area contributed by atoms with E-state index in [2.05, 4.69) is 4.98 Å². The number of carbonyl (C=O) groups is 2. The molecule has 2 rings (SSSR count). The Morgan fingerprint density at radius 2 is 1.68 bits per heavy atom. The zero-order valence-corrected chi connectivity index (χ0v) is 12.6. The van der Waals surface area contributed by atoms with Crippen molar-refractivity contribution in [3.05, 3.63) is 22.4 Å². The number of ketones is 2. The van der Waals surface area contributed by atoms with Gasteiger partial charge in [0.15, 0.2) is 16.3 Å². The number of Topliss-reactive ketones (excluding diaryl/α,β-unsaturated/α-hetero) is 2. The summed E-state index contributed by atoms with van der Waals surface area (Å²) in [4.78, 5) is 28.5. The number of aromatic nitrogens is 1. The van der Waals surface area contributed by atoms with Crippen LogP contribution in [-0.2, 0) is 9.59 Å². The zero-order chi connectivity index (χ0) is 14.5. The standard InChI is InChI=1S/C14H18N2O2S/c1-6-7(2)11-12(15)14(9(4)17,10(5)18)19-13(11)16-8(6)3/h12H,15H2,1-5H3. The maximum Gasteiger partial charge on any atom is 0.157 e. The third-order valence-corrected chi connectivity index (χ3v) is 5.72. The van der Waals surface area contributed by atoms with Gasteiger partial charge in [-0.15, -0.1) is 0 Å². The van der Waals surface area contributed by atoms with E-state index in [4.69, 9.17) is 5.73 Å². The molecular weight excluding hydrogens is 260 g/mol. The first-order valence-corrected chi connectivity index (χ1v) is 6.99. The fourth-order valence-electron chi connectivity index (χ4n) is 2.62. The van der Waals surface area contributed by atoms with Crippen LogP contribution in [0.3, 0.4) is 0 Å². The summed E-state index contributed by atoms with van der Waals surface area (Å²) in [5.74, 6) is -0.407. The number of carbonyl (C=O) groups excluding carboxylic acids is 2. The molecule has 5 heteroatoms. The van der Waals surface area contributed by atoms with E-state index in [1.165, 1.54) is 25.6 Å². The molecule has 19 heavy (non-hydrogen) atoms. The molecule has 0 amide bonds. The van der Waals surface area contributed by atoms with Gasteiger partial charge in [-0.2, -0.15) is 0 Å². The number of pyridine rings is 1. The third-order valence-electron chi connectivity index (χ3n) is 4.06. The highest BCUT2D eigenvalue weighted by Crippen LogP contribution is 2.52. The smallest absolute Gasteiger partial charge is 0.157 e. The van der Waals surface area contributed by atoms with Crippen molar-refractivity contribution in [1.29, 1.82) is 0 Å². The molecule has 2 N–H and O–H groups in total. The summed E-state index contributed by atoms with van der Waals surface area (Å²) >= 11 is 1.21. The summed E-state index contributed by atoms with van der Waals surface area (Å²) in [6, 6.07) is -0.616. The number of hydrogen-bond acceptors (Lipinski definition) is 5. The minimum Gasteiger partial charge on any atom is -0.322 e. The molecule has 0 aromatic carbocycles. The van der Waals surface area contributed by atoms with Gasteiger partial charge >= 0.3 is 0 Å². The van der Waals surface area contributed by atoms with Crippen molar-refractivity contribution < 1.29 is 9.59 Å². The van der Waals surface area contributed by atoms with Gasteiger partial charge in [0.25, 0.3) is 0 Å². The number of fused-ring (bicyclic) bond motifs is 1. The van der Waals surface area contributed by atoms with Crippen molar-refractivity contribution >= 4 is 23.3 Å². The second kappa shape index (κ2) is 4.42. The van der Waals surface area contributed by atoms with Gasteiger partial charge in [0, 0.05) is 11.3 Å². The molecule has 0 fully saturated rings. The average molecular weight is 278 g/mol. The van der Waals surface area contributed by atoms with Crippen LogP contribution in [0.5, 0.6) is 0 Å². The molecule has 1 aromatic heterocycles. The molecule has 0 radical (unpaired) electrons. The van der Waals surface area contributed by atoms with E-state index in [1.54, 1.807) is 0 Å². The van der Waals surface area contributed by atoms with Crippen LogP contribution in [-0.4, -0.2) is 21.3 Å². The minimum absolute atomic E-state index is 0.204. The highest BCUT2D eigenvalue weighted by Gasteiger charge is 2.54. The molecular formula is C14H18N2O2S. The van der Waals surface area contributed by atoms with E-state index in [0.29, 0.717) is 0 Å². The number of thioether (sulfide) groups is 1. The molecule has 1 aromatic rings. The SMILES string of the molecule is CC(=O)C1(C(C)=O)Sc2nc(C)c(C)c(C)c2C1N. The van der Waals surface area contributed by atoms with Crippen molar-refractivity contribution in [2.75, 3.05) is 0 Å². The molecule has 1 aliphatic heterocycles. The van der Waals surface area contributed by atoms with Gasteiger partial charge in [-0.1, -0.05) is 11.8 Å². The lowest BCUT2D eigenvalue weighted by Gasteiger charge is -2.27. The number of aryl methyl sites for hydroxylation is 1. The summed E-state index contributed by atoms with van der Waals surface area (Å²) in [6.07, 6.45) is 0. The first-order chi connectivity index (χ1) is 8.73. The Hall–Kier alpha value is -1.20. The molecule has 0 saturated heterocycles. The normalized spacial score (nSPS) is 20.2. The Morgan fingerprint density at radius 1 is 1.16 bits per heavy atom.